The van der Waals surface area contributed by atoms with Crippen LogP contribution < -0.4 is 5.32 Å². The summed E-state index contributed by atoms with van der Waals surface area (Å²) in [6.45, 7) is 9.66. The Hall–Kier alpha value is -1.45. The van der Waals surface area contributed by atoms with Crippen LogP contribution in [0.5, 0.6) is 0 Å². The van der Waals surface area contributed by atoms with Crippen LogP contribution in [0.3, 0.4) is 0 Å². The van der Waals surface area contributed by atoms with Gasteiger partial charge in [-0.1, -0.05) is 52.0 Å². The van der Waals surface area contributed by atoms with Crippen LogP contribution in [-0.2, 0) is 4.74 Å². The van der Waals surface area contributed by atoms with Crippen LogP contribution in [0.25, 0.3) is 10.8 Å². The maximum atomic E-state index is 5.84. The predicted octanol–water partition coefficient (Wildman–Crippen LogP) is 3.95. The number of methoxy groups -OCH3 is 1. The summed E-state index contributed by atoms with van der Waals surface area (Å²) in [4.78, 5) is 4.42. The number of ether oxygens (including phenoxy) is 1. The third-order valence-corrected chi connectivity index (χ3v) is 3.87. The second-order valence-corrected chi connectivity index (χ2v) is 6.51. The molecule has 0 aliphatic carbocycles. The van der Waals surface area contributed by atoms with E-state index in [1.807, 2.05) is 18.5 Å². The Morgan fingerprint density at radius 3 is 2.52 bits per heavy atom. The van der Waals surface area contributed by atoms with Crippen molar-refractivity contribution in [3.8, 4) is 0 Å². The zero-order chi connectivity index (χ0) is 15.5. The van der Waals surface area contributed by atoms with Gasteiger partial charge in [0.1, 0.15) is 0 Å². The Labute approximate surface area is 127 Å². The molecule has 2 rings (SSSR count). The van der Waals surface area contributed by atoms with E-state index in [1.54, 1.807) is 7.11 Å². The van der Waals surface area contributed by atoms with Crippen molar-refractivity contribution in [1.29, 1.82) is 0 Å². The molecule has 1 N–H and O–H groups in total. The minimum Gasteiger partial charge on any atom is -0.379 e. The van der Waals surface area contributed by atoms with Crippen LogP contribution >= 0.6 is 0 Å². The average Bonchev–Trinajstić information content (AvgIpc) is 2.45. The lowest BCUT2D eigenvalue weighted by atomic mass is 9.81. The lowest BCUT2D eigenvalue weighted by Crippen LogP contribution is -2.41. The molecule has 1 aromatic heterocycles. The molecule has 3 heteroatoms. The molecule has 0 radical (unpaired) electrons. The van der Waals surface area contributed by atoms with Crippen LogP contribution in [0.2, 0.25) is 0 Å². The first-order chi connectivity index (χ1) is 9.99. The van der Waals surface area contributed by atoms with Gasteiger partial charge in [-0.2, -0.15) is 0 Å². The fraction of sp³-hybridized carbons (Fsp3) is 0.500. The molecule has 0 amide bonds. The summed E-state index contributed by atoms with van der Waals surface area (Å²) >= 11 is 0. The summed E-state index contributed by atoms with van der Waals surface area (Å²) in [7, 11) is 1.79. The largest absolute Gasteiger partial charge is 0.379 e. The number of rotatable bonds is 5. The highest BCUT2D eigenvalue weighted by Gasteiger charge is 2.33. The molecule has 0 aliphatic heterocycles. The lowest BCUT2D eigenvalue weighted by molar-refractivity contribution is -0.0113. The Morgan fingerprint density at radius 1 is 1.19 bits per heavy atom. The number of likely N-dealkylation sites (N-methyl/N-ethyl adjacent to an activating group) is 1. The molecular weight excluding hydrogens is 260 g/mol. The Kier molecular flexibility index (Phi) is 4.96. The summed E-state index contributed by atoms with van der Waals surface area (Å²) in [5.41, 5.74) is 1.25. The van der Waals surface area contributed by atoms with Gasteiger partial charge in [-0.3, -0.25) is 4.98 Å². The van der Waals surface area contributed by atoms with Crippen LogP contribution in [0.4, 0.5) is 0 Å². The van der Waals surface area contributed by atoms with Crippen molar-refractivity contribution >= 4 is 10.8 Å². The Morgan fingerprint density at radius 2 is 1.90 bits per heavy atom. The quantitative estimate of drug-likeness (QED) is 0.903. The first-order valence-electron chi connectivity index (χ1n) is 7.58. The number of benzene rings is 1. The number of nitrogens with one attached hydrogen (secondary N) is 1. The average molecular weight is 286 g/mol. The molecule has 114 valence electrons. The molecule has 0 saturated carbocycles. The first kappa shape index (κ1) is 15.9. The highest BCUT2D eigenvalue weighted by molar-refractivity contribution is 5.85. The zero-order valence-corrected chi connectivity index (χ0v) is 13.7. The molecule has 1 heterocycles. The van der Waals surface area contributed by atoms with Crippen LogP contribution in [0.1, 0.15) is 39.3 Å². The summed E-state index contributed by atoms with van der Waals surface area (Å²) in [6.07, 6.45) is 3.96. The molecule has 0 saturated heterocycles. The van der Waals surface area contributed by atoms with E-state index in [2.05, 4.69) is 56.2 Å². The van der Waals surface area contributed by atoms with E-state index in [9.17, 15) is 0 Å². The lowest BCUT2D eigenvalue weighted by Gasteiger charge is -2.37. The maximum absolute atomic E-state index is 5.84. The van der Waals surface area contributed by atoms with Crippen molar-refractivity contribution in [3.63, 3.8) is 0 Å². The molecule has 3 nitrogen and oxygen atoms in total. The van der Waals surface area contributed by atoms with Gasteiger partial charge in [-0.25, -0.2) is 0 Å². The summed E-state index contributed by atoms with van der Waals surface area (Å²) in [6, 6.07) is 8.51. The molecule has 0 bridgehead atoms. The zero-order valence-electron chi connectivity index (χ0n) is 13.7. The first-order valence-corrected chi connectivity index (χ1v) is 7.58. The third kappa shape index (κ3) is 3.42. The van der Waals surface area contributed by atoms with Crippen LogP contribution in [0, 0.1) is 5.41 Å². The monoisotopic (exact) mass is 286 g/mol. The third-order valence-electron chi connectivity index (χ3n) is 3.87. The molecule has 0 fully saturated rings. The van der Waals surface area contributed by atoms with Gasteiger partial charge in [-0.05, 0) is 22.9 Å². The van der Waals surface area contributed by atoms with Gasteiger partial charge < -0.3 is 10.1 Å². The molecule has 0 aliphatic rings. The molecule has 2 aromatic rings. The van der Waals surface area contributed by atoms with Crippen molar-refractivity contribution in [2.24, 2.45) is 5.41 Å². The highest BCUT2D eigenvalue weighted by Crippen LogP contribution is 2.34. The summed E-state index contributed by atoms with van der Waals surface area (Å²) < 4.78 is 5.84. The fourth-order valence-corrected chi connectivity index (χ4v) is 2.98. The SMILES string of the molecule is CCNC(c1cncc2ccccc12)C(OC)C(C)(C)C. The van der Waals surface area contributed by atoms with Gasteiger partial charge in [-0.15, -0.1) is 0 Å². The number of nitrogens with zero attached hydrogens (tertiary/aromatic N) is 1. The highest BCUT2D eigenvalue weighted by atomic mass is 16.5. The summed E-state index contributed by atoms with van der Waals surface area (Å²) in [5.74, 6) is 0. The van der Waals surface area contributed by atoms with E-state index in [-0.39, 0.29) is 17.6 Å². The van der Waals surface area contributed by atoms with E-state index in [0.29, 0.717) is 0 Å². The molecule has 1 aromatic carbocycles. The van der Waals surface area contributed by atoms with E-state index in [0.717, 1.165) is 6.54 Å². The minimum absolute atomic E-state index is 0.0402. The topological polar surface area (TPSA) is 34.2 Å². The molecule has 2 unspecified atom stereocenters. The molecular formula is C18H26N2O. The van der Waals surface area contributed by atoms with Gasteiger partial charge in [0.15, 0.2) is 0 Å². The van der Waals surface area contributed by atoms with Crippen molar-refractivity contribution < 1.29 is 4.74 Å². The second-order valence-electron chi connectivity index (χ2n) is 6.51. The Bertz CT molecular complexity index is 584. The van der Waals surface area contributed by atoms with Crippen molar-refractivity contribution in [2.75, 3.05) is 13.7 Å². The van der Waals surface area contributed by atoms with Crippen LogP contribution in [0.15, 0.2) is 36.7 Å². The van der Waals surface area contributed by atoms with Gasteiger partial charge in [0.2, 0.25) is 0 Å². The van der Waals surface area contributed by atoms with Crippen molar-refractivity contribution in [3.05, 3.63) is 42.2 Å². The number of hydrogen-bond acceptors (Lipinski definition) is 3. The smallest absolute Gasteiger partial charge is 0.0814 e. The van der Waals surface area contributed by atoms with Gasteiger partial charge in [0.25, 0.3) is 0 Å². The standard InChI is InChI=1S/C18H26N2O/c1-6-20-16(17(21-5)18(2,3)4)15-12-19-11-13-9-7-8-10-14(13)15/h7-12,16-17,20H,6H2,1-5H3. The fourth-order valence-electron chi connectivity index (χ4n) is 2.98. The predicted molar refractivity (Wildman–Crippen MR) is 88.4 cm³/mol. The maximum Gasteiger partial charge on any atom is 0.0814 e. The normalized spacial score (nSPS) is 15.1. The van der Waals surface area contributed by atoms with Gasteiger partial charge >= 0.3 is 0 Å². The van der Waals surface area contributed by atoms with Gasteiger partial charge in [0.05, 0.1) is 12.1 Å². The number of pyridine rings is 1. The number of fused-ring (bicyclic) bond motifs is 1. The van der Waals surface area contributed by atoms with Crippen molar-refractivity contribution in [1.82, 2.24) is 10.3 Å². The molecule has 21 heavy (non-hydrogen) atoms. The van der Waals surface area contributed by atoms with Gasteiger partial charge in [0, 0.05) is 24.9 Å². The van der Waals surface area contributed by atoms with Crippen molar-refractivity contribution in [2.45, 2.75) is 39.8 Å². The Balaban J connectivity index is 2.55. The number of hydrogen-bond donors (Lipinski definition) is 1. The minimum atomic E-state index is 0.0402. The van der Waals surface area contributed by atoms with E-state index in [4.69, 9.17) is 4.74 Å². The van der Waals surface area contributed by atoms with Crippen LogP contribution in [-0.4, -0.2) is 24.7 Å². The molecule has 2 atom stereocenters. The van der Waals surface area contributed by atoms with E-state index < -0.39 is 0 Å². The van der Waals surface area contributed by atoms with E-state index in [1.165, 1.54) is 16.3 Å². The van der Waals surface area contributed by atoms with E-state index >= 15 is 0 Å². The second kappa shape index (κ2) is 6.54. The number of aromatic nitrogens is 1. The molecule has 0 spiro atoms. The summed E-state index contributed by atoms with van der Waals surface area (Å²) in [5, 5.41) is 5.99.